The van der Waals surface area contributed by atoms with Crippen molar-refractivity contribution < 1.29 is 0 Å². The largest absolute Gasteiger partial charge is 0.330 e. The lowest BCUT2D eigenvalue weighted by Crippen LogP contribution is -1.89. The molecule has 0 aliphatic carbocycles. The second-order valence-corrected chi connectivity index (χ2v) is 3.93. The van der Waals surface area contributed by atoms with E-state index in [9.17, 15) is 0 Å². The van der Waals surface area contributed by atoms with Crippen LogP contribution < -0.4 is 0 Å². The summed E-state index contributed by atoms with van der Waals surface area (Å²) in [7, 11) is 0. The second kappa shape index (κ2) is 3.40. The molecule has 0 aromatic carbocycles. The Morgan fingerprint density at radius 1 is 1.54 bits per heavy atom. The van der Waals surface area contributed by atoms with Gasteiger partial charge in [0.25, 0.3) is 0 Å². The van der Waals surface area contributed by atoms with Gasteiger partial charge in [-0.05, 0) is 36.2 Å². The summed E-state index contributed by atoms with van der Waals surface area (Å²) in [5.74, 6) is 0. The van der Waals surface area contributed by atoms with Crippen molar-refractivity contribution in [3.63, 3.8) is 0 Å². The molecule has 0 radical (unpaired) electrons. The predicted molar refractivity (Wildman–Crippen MR) is 57.5 cm³/mol. The molecule has 0 unspecified atom stereocenters. The first-order valence-corrected chi connectivity index (χ1v) is 5.21. The summed E-state index contributed by atoms with van der Waals surface area (Å²) in [6.07, 6.45) is 1.80. The van der Waals surface area contributed by atoms with Gasteiger partial charge >= 0.3 is 0 Å². The lowest BCUT2D eigenvalue weighted by molar-refractivity contribution is 1.11. The molecule has 66 valence electrons. The number of rotatable bonds is 1. The number of aryl methyl sites for hydroxylation is 1. The molecule has 2 nitrogen and oxygen atoms in total. The molecular weight excluding hydrogens is 200 g/mol. The average molecular weight is 208 g/mol. The second-order valence-electron chi connectivity index (χ2n) is 2.76. The quantitative estimate of drug-likeness (QED) is 0.729. The van der Waals surface area contributed by atoms with Crippen LogP contribution in [-0.2, 0) is 0 Å². The third kappa shape index (κ3) is 1.68. The van der Waals surface area contributed by atoms with Gasteiger partial charge in [-0.3, -0.25) is 0 Å². The van der Waals surface area contributed by atoms with Crippen molar-refractivity contribution in [2.45, 2.75) is 6.92 Å². The molecule has 0 spiro atoms. The first-order valence-electron chi connectivity index (χ1n) is 3.86. The lowest BCUT2D eigenvalue weighted by Gasteiger charge is -2.01. The molecular formula is C9H8N2S2. The first-order chi connectivity index (χ1) is 6.27. The molecule has 1 N–H and O–H groups in total. The molecule has 13 heavy (non-hydrogen) atoms. The maximum absolute atomic E-state index is 4.97. The van der Waals surface area contributed by atoms with Crippen LogP contribution in [0.4, 0.5) is 0 Å². The van der Waals surface area contributed by atoms with E-state index in [1.807, 2.05) is 12.3 Å². The van der Waals surface area contributed by atoms with Crippen molar-refractivity contribution in [2.24, 2.45) is 0 Å². The van der Waals surface area contributed by atoms with E-state index >= 15 is 0 Å². The highest BCUT2D eigenvalue weighted by Gasteiger charge is 2.01. The Morgan fingerprint density at radius 2 is 2.38 bits per heavy atom. The van der Waals surface area contributed by atoms with Crippen molar-refractivity contribution in [3.8, 4) is 11.3 Å². The number of nitrogens with one attached hydrogen (secondary N) is 1. The fourth-order valence-electron chi connectivity index (χ4n) is 1.16. The number of aromatic nitrogens is 2. The van der Waals surface area contributed by atoms with Crippen molar-refractivity contribution in [1.82, 2.24) is 9.97 Å². The molecule has 2 aromatic rings. The Balaban J connectivity index is 2.64. The van der Waals surface area contributed by atoms with Crippen LogP contribution in [0.15, 0.2) is 23.0 Å². The van der Waals surface area contributed by atoms with E-state index in [4.69, 9.17) is 12.2 Å². The minimum atomic E-state index is 0.534. The third-order valence-electron chi connectivity index (χ3n) is 1.81. The molecule has 0 saturated heterocycles. The van der Waals surface area contributed by atoms with E-state index in [-0.39, 0.29) is 0 Å². The Kier molecular flexibility index (Phi) is 2.24. The normalized spacial score (nSPS) is 10.2. The average Bonchev–Trinajstić information content (AvgIpc) is 2.61. The molecule has 0 aliphatic rings. The van der Waals surface area contributed by atoms with Crippen LogP contribution in [-0.4, -0.2) is 9.97 Å². The minimum absolute atomic E-state index is 0.534. The minimum Gasteiger partial charge on any atom is -0.330 e. The number of hydrogen-bond acceptors (Lipinski definition) is 3. The van der Waals surface area contributed by atoms with Crippen LogP contribution >= 0.6 is 23.6 Å². The molecule has 0 amide bonds. The van der Waals surface area contributed by atoms with Crippen molar-refractivity contribution >= 4 is 23.6 Å². The molecule has 2 aromatic heterocycles. The highest BCUT2D eigenvalue weighted by atomic mass is 32.1. The van der Waals surface area contributed by atoms with Crippen LogP contribution in [0.3, 0.4) is 0 Å². The van der Waals surface area contributed by atoms with Crippen LogP contribution in [0.25, 0.3) is 11.3 Å². The SMILES string of the molecule is Cc1cnc(=S)[nH]c1-c1ccsc1. The van der Waals surface area contributed by atoms with E-state index in [0.29, 0.717) is 4.77 Å². The number of H-pyrrole nitrogens is 1. The first kappa shape index (κ1) is 8.59. The fraction of sp³-hybridized carbons (Fsp3) is 0.111. The summed E-state index contributed by atoms with van der Waals surface area (Å²) in [5, 5.41) is 4.14. The standard InChI is InChI=1S/C9H8N2S2/c1-6-4-10-9(12)11-8(6)7-2-3-13-5-7/h2-5H,1H3,(H,10,11,12). The van der Waals surface area contributed by atoms with E-state index < -0.39 is 0 Å². The van der Waals surface area contributed by atoms with Gasteiger partial charge in [-0.15, -0.1) is 0 Å². The summed E-state index contributed by atoms with van der Waals surface area (Å²) >= 11 is 6.64. The van der Waals surface area contributed by atoms with E-state index in [2.05, 4.69) is 21.4 Å². The summed E-state index contributed by atoms with van der Waals surface area (Å²) < 4.78 is 0.534. The van der Waals surface area contributed by atoms with E-state index in [0.717, 1.165) is 11.3 Å². The number of nitrogens with zero attached hydrogens (tertiary/aromatic N) is 1. The molecule has 0 saturated carbocycles. The van der Waals surface area contributed by atoms with Crippen molar-refractivity contribution in [2.75, 3.05) is 0 Å². The van der Waals surface area contributed by atoms with Gasteiger partial charge in [0.05, 0.1) is 5.69 Å². The zero-order valence-electron chi connectivity index (χ0n) is 7.07. The van der Waals surface area contributed by atoms with Gasteiger partial charge < -0.3 is 4.98 Å². The molecule has 0 atom stereocenters. The van der Waals surface area contributed by atoms with Gasteiger partial charge in [-0.2, -0.15) is 11.3 Å². The monoisotopic (exact) mass is 208 g/mol. The summed E-state index contributed by atoms with van der Waals surface area (Å²) in [6.45, 7) is 2.02. The topological polar surface area (TPSA) is 28.7 Å². The van der Waals surface area contributed by atoms with Crippen LogP contribution in [0, 0.1) is 11.7 Å². The number of thiophene rings is 1. The van der Waals surface area contributed by atoms with Crippen molar-refractivity contribution in [3.05, 3.63) is 33.4 Å². The summed E-state index contributed by atoms with van der Waals surface area (Å²) in [4.78, 5) is 7.10. The Labute approximate surface area is 85.3 Å². The van der Waals surface area contributed by atoms with Gasteiger partial charge in [-0.1, -0.05) is 0 Å². The Hall–Kier alpha value is -1.00. The maximum Gasteiger partial charge on any atom is 0.197 e. The molecule has 2 rings (SSSR count). The maximum atomic E-state index is 4.97. The van der Waals surface area contributed by atoms with Crippen molar-refractivity contribution in [1.29, 1.82) is 0 Å². The van der Waals surface area contributed by atoms with Gasteiger partial charge in [0.2, 0.25) is 0 Å². The number of aromatic amines is 1. The van der Waals surface area contributed by atoms with Crippen LogP contribution in [0.1, 0.15) is 5.56 Å². The molecule has 2 heterocycles. The molecule has 0 aliphatic heterocycles. The summed E-state index contributed by atoms with van der Waals surface area (Å²) in [5.41, 5.74) is 3.37. The Bertz CT molecular complexity index is 457. The van der Waals surface area contributed by atoms with Gasteiger partial charge in [0, 0.05) is 17.1 Å². The predicted octanol–water partition coefficient (Wildman–Crippen LogP) is 3.18. The number of hydrogen-bond donors (Lipinski definition) is 1. The highest BCUT2D eigenvalue weighted by molar-refractivity contribution is 7.71. The van der Waals surface area contributed by atoms with E-state index in [1.165, 1.54) is 5.56 Å². The Morgan fingerprint density at radius 3 is 3.08 bits per heavy atom. The van der Waals surface area contributed by atoms with Gasteiger partial charge in [0.1, 0.15) is 0 Å². The highest BCUT2D eigenvalue weighted by Crippen LogP contribution is 2.22. The van der Waals surface area contributed by atoms with Gasteiger partial charge in [-0.25, -0.2) is 4.98 Å². The van der Waals surface area contributed by atoms with E-state index in [1.54, 1.807) is 17.5 Å². The van der Waals surface area contributed by atoms with Crippen LogP contribution in [0.5, 0.6) is 0 Å². The molecule has 4 heteroatoms. The van der Waals surface area contributed by atoms with Crippen LogP contribution in [0.2, 0.25) is 0 Å². The smallest absolute Gasteiger partial charge is 0.197 e. The fourth-order valence-corrected chi connectivity index (χ4v) is 1.97. The van der Waals surface area contributed by atoms with Gasteiger partial charge in [0.15, 0.2) is 4.77 Å². The zero-order valence-corrected chi connectivity index (χ0v) is 8.71. The molecule has 0 bridgehead atoms. The third-order valence-corrected chi connectivity index (χ3v) is 2.70. The summed E-state index contributed by atoms with van der Waals surface area (Å²) in [6, 6.07) is 2.07. The molecule has 0 fully saturated rings. The lowest BCUT2D eigenvalue weighted by atomic mass is 10.1. The zero-order chi connectivity index (χ0) is 9.26.